The van der Waals surface area contributed by atoms with Gasteiger partial charge >= 0.3 is 6.03 Å². The molecule has 2 amide bonds. The van der Waals surface area contributed by atoms with Crippen molar-refractivity contribution in [3.8, 4) is 11.8 Å². The van der Waals surface area contributed by atoms with E-state index in [0.29, 0.717) is 17.4 Å². The second-order valence-corrected chi connectivity index (χ2v) is 9.01. The summed E-state index contributed by atoms with van der Waals surface area (Å²) in [6.07, 6.45) is 0. The molecule has 8 heteroatoms. The van der Waals surface area contributed by atoms with Crippen LogP contribution in [0.3, 0.4) is 0 Å². The minimum atomic E-state index is -0.948. The maximum absolute atomic E-state index is 11.0. The number of piperazine rings is 1. The highest BCUT2D eigenvalue weighted by Gasteiger charge is 2.26. The first kappa shape index (κ1) is 24.8. The Hall–Kier alpha value is -3.28. The van der Waals surface area contributed by atoms with Crippen molar-refractivity contribution in [3.05, 3.63) is 94.4 Å². The largest absolute Gasteiger partial charge is 0.451 e. The lowest BCUT2D eigenvalue weighted by Gasteiger charge is -2.39. The normalized spacial score (nSPS) is 16.2. The zero-order valence-electron chi connectivity index (χ0n) is 19.6. The summed E-state index contributed by atoms with van der Waals surface area (Å²) in [6, 6.07) is 20.9. The molecule has 1 unspecified atom stereocenters. The Morgan fingerprint density at radius 2 is 1.71 bits per heavy atom. The standard InChI is InChI=1S/C27H29ClN4O3/c1-20(32(34)27(29)33)7-12-24-13-14-25(35-24)19-30-15-17-31(18-16-30)26(21-5-3-2-4-6-21)22-8-10-23(28)11-9-22/h2-6,8-11,13-14,20,26,34H,15-19H2,1H3,(H2,29,33)/t20?,26-/m1/s1. The Kier molecular flexibility index (Phi) is 8.11. The monoisotopic (exact) mass is 492 g/mol. The van der Waals surface area contributed by atoms with Crippen LogP contribution >= 0.6 is 11.6 Å². The lowest BCUT2D eigenvalue weighted by molar-refractivity contribution is -0.0536. The molecule has 1 fully saturated rings. The van der Waals surface area contributed by atoms with Gasteiger partial charge in [0.1, 0.15) is 11.8 Å². The van der Waals surface area contributed by atoms with E-state index in [9.17, 15) is 10.0 Å². The van der Waals surface area contributed by atoms with Crippen LogP contribution in [0.25, 0.3) is 0 Å². The van der Waals surface area contributed by atoms with Crippen molar-refractivity contribution in [3.63, 3.8) is 0 Å². The summed E-state index contributed by atoms with van der Waals surface area (Å²) in [5.41, 5.74) is 7.55. The predicted molar refractivity (Wildman–Crippen MR) is 135 cm³/mol. The molecule has 1 saturated heterocycles. The molecule has 0 bridgehead atoms. The molecule has 2 heterocycles. The maximum atomic E-state index is 11.0. The summed E-state index contributed by atoms with van der Waals surface area (Å²) in [5, 5.41) is 10.7. The number of furan rings is 1. The van der Waals surface area contributed by atoms with E-state index in [4.69, 9.17) is 21.8 Å². The van der Waals surface area contributed by atoms with Crippen LogP contribution in [-0.4, -0.2) is 58.3 Å². The molecule has 7 nitrogen and oxygen atoms in total. The smallest absolute Gasteiger partial charge is 0.339 e. The van der Waals surface area contributed by atoms with Crippen LogP contribution in [-0.2, 0) is 6.54 Å². The fourth-order valence-corrected chi connectivity index (χ4v) is 4.38. The van der Waals surface area contributed by atoms with Crippen molar-refractivity contribution in [1.29, 1.82) is 0 Å². The first-order chi connectivity index (χ1) is 16.9. The van der Waals surface area contributed by atoms with Gasteiger partial charge in [-0.2, -0.15) is 5.06 Å². The van der Waals surface area contributed by atoms with Gasteiger partial charge < -0.3 is 10.2 Å². The summed E-state index contributed by atoms with van der Waals surface area (Å²) >= 11 is 6.14. The Bertz CT molecular complexity index is 1180. The third kappa shape index (κ3) is 6.44. The van der Waals surface area contributed by atoms with Crippen molar-refractivity contribution < 1.29 is 14.4 Å². The number of nitrogens with zero attached hydrogens (tertiary/aromatic N) is 3. The summed E-state index contributed by atoms with van der Waals surface area (Å²) < 4.78 is 5.84. The number of urea groups is 1. The number of halogens is 1. The van der Waals surface area contributed by atoms with Gasteiger partial charge in [0.25, 0.3) is 0 Å². The zero-order valence-corrected chi connectivity index (χ0v) is 20.4. The van der Waals surface area contributed by atoms with Gasteiger partial charge in [0.05, 0.1) is 12.6 Å². The number of rotatable bonds is 6. The van der Waals surface area contributed by atoms with Crippen molar-refractivity contribution in [2.24, 2.45) is 5.73 Å². The summed E-state index contributed by atoms with van der Waals surface area (Å²) in [7, 11) is 0. The minimum Gasteiger partial charge on any atom is -0.451 e. The zero-order chi connectivity index (χ0) is 24.8. The topological polar surface area (TPSA) is 86.2 Å². The average molecular weight is 493 g/mol. The minimum absolute atomic E-state index is 0.176. The van der Waals surface area contributed by atoms with Gasteiger partial charge in [-0.3, -0.25) is 15.0 Å². The van der Waals surface area contributed by atoms with Gasteiger partial charge in [-0.25, -0.2) is 4.79 Å². The predicted octanol–water partition coefficient (Wildman–Crippen LogP) is 4.35. The number of hydrogen-bond donors (Lipinski definition) is 2. The van der Waals surface area contributed by atoms with Crippen LogP contribution in [0.5, 0.6) is 0 Å². The molecule has 1 aliphatic heterocycles. The number of amides is 2. The summed E-state index contributed by atoms with van der Waals surface area (Å²) in [4.78, 5) is 15.9. The van der Waals surface area contributed by atoms with E-state index in [0.717, 1.165) is 37.0 Å². The number of hydrogen-bond acceptors (Lipinski definition) is 5. The van der Waals surface area contributed by atoms with E-state index >= 15 is 0 Å². The first-order valence-corrected chi connectivity index (χ1v) is 11.9. The number of benzene rings is 2. The van der Waals surface area contributed by atoms with Gasteiger partial charge in [-0.05, 0) is 48.2 Å². The van der Waals surface area contributed by atoms with Crippen LogP contribution in [0.15, 0.2) is 71.1 Å². The molecular weight excluding hydrogens is 464 g/mol. The second-order valence-electron chi connectivity index (χ2n) is 8.57. The number of hydroxylamine groups is 2. The van der Waals surface area contributed by atoms with Crippen LogP contribution in [0.4, 0.5) is 4.79 Å². The number of nitrogens with two attached hydrogens (primary N) is 1. The molecule has 1 aromatic heterocycles. The van der Waals surface area contributed by atoms with Gasteiger partial charge in [0.2, 0.25) is 0 Å². The third-order valence-corrected chi connectivity index (χ3v) is 6.36. The van der Waals surface area contributed by atoms with Gasteiger partial charge in [-0.15, -0.1) is 0 Å². The highest BCUT2D eigenvalue weighted by atomic mass is 35.5. The first-order valence-electron chi connectivity index (χ1n) is 11.6. The Labute approximate surface area is 210 Å². The molecule has 0 radical (unpaired) electrons. The molecule has 2 atom stereocenters. The Morgan fingerprint density at radius 1 is 1.06 bits per heavy atom. The van der Waals surface area contributed by atoms with E-state index in [1.54, 1.807) is 13.0 Å². The Balaban J connectivity index is 1.38. The van der Waals surface area contributed by atoms with Crippen LogP contribution in [0, 0.1) is 11.8 Å². The summed E-state index contributed by atoms with van der Waals surface area (Å²) in [6.45, 7) is 5.93. The fraction of sp³-hybridized carbons (Fsp3) is 0.296. The van der Waals surface area contributed by atoms with Gasteiger partial charge in [0, 0.05) is 31.2 Å². The van der Waals surface area contributed by atoms with Gasteiger partial charge in [0.15, 0.2) is 5.76 Å². The van der Waals surface area contributed by atoms with Crippen molar-refractivity contribution in [2.75, 3.05) is 26.2 Å². The molecule has 0 spiro atoms. The Morgan fingerprint density at radius 3 is 2.37 bits per heavy atom. The van der Waals surface area contributed by atoms with E-state index in [-0.39, 0.29) is 6.04 Å². The fourth-order valence-electron chi connectivity index (χ4n) is 4.25. The van der Waals surface area contributed by atoms with Crippen LogP contribution in [0.2, 0.25) is 5.02 Å². The highest BCUT2D eigenvalue weighted by Crippen LogP contribution is 2.30. The maximum Gasteiger partial charge on any atom is 0.339 e. The molecule has 3 N–H and O–H groups in total. The van der Waals surface area contributed by atoms with Gasteiger partial charge in [-0.1, -0.05) is 60.0 Å². The lowest BCUT2D eigenvalue weighted by atomic mass is 9.96. The molecule has 182 valence electrons. The molecule has 1 aliphatic rings. The molecule has 0 aliphatic carbocycles. The molecular formula is C27H29ClN4O3. The number of carbonyl (C=O) groups is 1. The van der Waals surface area contributed by atoms with Crippen molar-refractivity contribution in [1.82, 2.24) is 14.9 Å². The van der Waals surface area contributed by atoms with Crippen molar-refractivity contribution in [2.45, 2.75) is 25.6 Å². The van der Waals surface area contributed by atoms with E-state index in [1.807, 2.05) is 24.3 Å². The average Bonchev–Trinajstić information content (AvgIpc) is 3.32. The molecule has 0 saturated carbocycles. The SMILES string of the molecule is CC(C#Cc1ccc(CN2CCN([C@H](c3ccccc3)c3ccc(Cl)cc3)CC2)o1)N(O)C(N)=O. The summed E-state index contributed by atoms with van der Waals surface area (Å²) in [5.74, 6) is 6.89. The molecule has 2 aromatic carbocycles. The second kappa shape index (κ2) is 11.4. The molecule has 3 aromatic rings. The molecule has 4 rings (SSSR count). The quantitative estimate of drug-likeness (QED) is 0.303. The number of carbonyl (C=O) groups excluding carboxylic acids is 1. The van der Waals surface area contributed by atoms with E-state index < -0.39 is 12.1 Å². The van der Waals surface area contributed by atoms with E-state index in [2.05, 4.69) is 58.0 Å². The number of primary amides is 1. The van der Waals surface area contributed by atoms with E-state index in [1.165, 1.54) is 11.1 Å². The van der Waals surface area contributed by atoms with Crippen LogP contribution in [0.1, 0.15) is 35.6 Å². The van der Waals surface area contributed by atoms with Crippen LogP contribution < -0.4 is 5.73 Å². The lowest BCUT2D eigenvalue weighted by Crippen LogP contribution is -2.47. The molecule has 35 heavy (non-hydrogen) atoms. The third-order valence-electron chi connectivity index (χ3n) is 6.11. The van der Waals surface area contributed by atoms with Crippen molar-refractivity contribution >= 4 is 17.6 Å². The highest BCUT2D eigenvalue weighted by molar-refractivity contribution is 6.30.